The predicted octanol–water partition coefficient (Wildman–Crippen LogP) is 3.06. The van der Waals surface area contributed by atoms with Crippen LogP contribution in [0, 0.1) is 0 Å². The van der Waals surface area contributed by atoms with E-state index in [-0.39, 0.29) is 8.41 Å². The van der Waals surface area contributed by atoms with Crippen LogP contribution in [-0.4, -0.2) is 39.1 Å². The summed E-state index contributed by atoms with van der Waals surface area (Å²) < 4.78 is 1.35. The minimum atomic E-state index is 0. The molecule has 0 saturated carbocycles. The molecule has 0 aromatic heterocycles. The first-order chi connectivity index (χ1) is 6.24. The van der Waals surface area contributed by atoms with Gasteiger partial charge in [0.05, 0.1) is 26.2 Å². The van der Waals surface area contributed by atoms with E-state index in [1.54, 1.807) is 0 Å². The van der Waals surface area contributed by atoms with Crippen molar-refractivity contribution in [1.82, 2.24) is 0 Å². The molecular weight excluding hydrogens is 169 g/mol. The van der Waals surface area contributed by atoms with Crippen molar-refractivity contribution in [2.45, 2.75) is 53.4 Å². The van der Waals surface area contributed by atoms with Gasteiger partial charge in [-0.2, -0.15) is 0 Å². The van der Waals surface area contributed by atoms with Gasteiger partial charge in [-0.05, 0) is 26.7 Å². The van der Waals surface area contributed by atoms with Crippen LogP contribution in [0.4, 0.5) is 0 Å². The predicted molar refractivity (Wildman–Crippen MR) is 66.6 cm³/mol. The monoisotopic (exact) mass is 197 g/mol. The Morgan fingerprint density at radius 1 is 0.714 bits per heavy atom. The van der Waals surface area contributed by atoms with Crippen LogP contribution in [0.1, 0.15) is 53.4 Å². The zero-order valence-electron chi connectivity index (χ0n) is 10.7. The summed E-state index contributed by atoms with van der Waals surface area (Å²) in [6, 6.07) is 0. The van der Waals surface area contributed by atoms with E-state index in [0.717, 1.165) is 0 Å². The van der Waals surface area contributed by atoms with Gasteiger partial charge in [0.2, 0.25) is 0 Å². The highest BCUT2D eigenvalue weighted by atomic mass is 15.3. The molecule has 0 spiro atoms. The summed E-state index contributed by atoms with van der Waals surface area (Å²) in [5.74, 6) is 0. The van der Waals surface area contributed by atoms with E-state index in [0.29, 0.717) is 0 Å². The molecule has 0 saturated heterocycles. The summed E-state index contributed by atoms with van der Waals surface area (Å²) in [5.41, 5.74) is 0. The second-order valence-electron chi connectivity index (χ2n) is 4.13. The van der Waals surface area contributed by atoms with Crippen molar-refractivity contribution in [3.63, 3.8) is 0 Å². The smallest absolute Gasteiger partial charge is 0.0786 e. The Balaban J connectivity index is 0. The molecule has 0 rings (SSSR count). The molecule has 0 amide bonds. The van der Waals surface area contributed by atoms with Gasteiger partial charge in [-0.3, -0.25) is 0 Å². The van der Waals surface area contributed by atoms with E-state index in [1.165, 1.54) is 56.3 Å². The molecule has 0 aromatic rings. The molecule has 0 atom stereocenters. The first-order valence-electron chi connectivity index (χ1n) is 6.09. The summed E-state index contributed by atoms with van der Waals surface area (Å²) in [5, 5.41) is 0. The van der Waals surface area contributed by atoms with Crippen LogP contribution in [0.2, 0.25) is 0 Å². The molecule has 0 aliphatic rings. The second-order valence-corrected chi connectivity index (χ2v) is 4.13. The van der Waals surface area contributed by atoms with Gasteiger partial charge >= 0.3 is 0 Å². The fourth-order valence-electron chi connectivity index (χ4n) is 1.95. The molecule has 1 nitrogen and oxygen atoms in total. The highest BCUT2D eigenvalue weighted by Crippen LogP contribution is 2.11. The van der Waals surface area contributed by atoms with Crippen LogP contribution in [0.5, 0.6) is 0 Å². The lowest BCUT2D eigenvalue weighted by Crippen LogP contribution is -2.49. The summed E-state index contributed by atoms with van der Waals surface area (Å²) in [4.78, 5) is 0. The fourth-order valence-corrected chi connectivity index (χ4v) is 1.95. The maximum Gasteiger partial charge on any atom is 0.0786 e. The molecule has 4 radical (unpaired) electrons. The van der Waals surface area contributed by atoms with E-state index >= 15 is 0 Å². The van der Waals surface area contributed by atoms with E-state index < -0.39 is 0 Å². The number of rotatable bonds is 8. The first kappa shape index (κ1) is 16.5. The summed E-state index contributed by atoms with van der Waals surface area (Å²) in [6.45, 7) is 14.7. The van der Waals surface area contributed by atoms with Crippen LogP contribution < -0.4 is 0 Å². The van der Waals surface area contributed by atoms with Crippen molar-refractivity contribution in [1.29, 1.82) is 0 Å². The van der Waals surface area contributed by atoms with Crippen molar-refractivity contribution >= 4 is 8.41 Å². The van der Waals surface area contributed by atoms with Crippen LogP contribution in [0.25, 0.3) is 0 Å². The summed E-state index contributed by atoms with van der Waals surface area (Å²) >= 11 is 0. The van der Waals surface area contributed by atoms with Gasteiger partial charge in [0, 0.05) is 0 Å². The maximum absolute atomic E-state index is 2.34. The van der Waals surface area contributed by atoms with Crippen LogP contribution in [-0.2, 0) is 0 Å². The largest absolute Gasteiger partial charge is 1.00 e. The van der Waals surface area contributed by atoms with Gasteiger partial charge in [-0.15, -0.1) is 0 Å². The fraction of sp³-hybridized carbons (Fsp3) is 1.00. The third-order valence-corrected chi connectivity index (χ3v) is 3.31. The Morgan fingerprint density at radius 3 is 1.29 bits per heavy atom. The van der Waals surface area contributed by atoms with E-state index in [2.05, 4.69) is 27.7 Å². The minimum Gasteiger partial charge on any atom is -1.00 e. The van der Waals surface area contributed by atoms with Crippen molar-refractivity contribution in [3.8, 4) is 0 Å². The summed E-state index contributed by atoms with van der Waals surface area (Å²) in [6.07, 6.45) is 5.47. The van der Waals surface area contributed by atoms with Gasteiger partial charge in [0.1, 0.15) is 0 Å². The molecule has 0 N–H and O–H groups in total. The van der Waals surface area contributed by atoms with Crippen molar-refractivity contribution < 1.29 is 4.48 Å². The van der Waals surface area contributed by atoms with Crippen LogP contribution in [0.15, 0.2) is 0 Å². The van der Waals surface area contributed by atoms with Gasteiger partial charge in [0.15, 0.2) is 0 Å². The highest BCUT2D eigenvalue weighted by Gasteiger charge is 2.20. The molecule has 2 heteroatoms. The average molecular weight is 197 g/mol. The lowest BCUT2D eigenvalue weighted by Gasteiger charge is -2.37. The molecule has 0 heterocycles. The Hall–Kier alpha value is 0.0249. The summed E-state index contributed by atoms with van der Waals surface area (Å²) in [7, 11) is 0. The van der Waals surface area contributed by atoms with Crippen molar-refractivity contribution in [2.75, 3.05) is 26.2 Å². The molecule has 84 valence electrons. The quantitative estimate of drug-likeness (QED) is 0.414. The Labute approximate surface area is 93.0 Å². The van der Waals surface area contributed by atoms with Crippen molar-refractivity contribution in [3.05, 3.63) is 0 Å². The van der Waals surface area contributed by atoms with Crippen LogP contribution in [0.3, 0.4) is 0 Å². The first-order valence-corrected chi connectivity index (χ1v) is 6.09. The molecule has 0 bridgehead atoms. The molecule has 0 unspecified atom stereocenters. The van der Waals surface area contributed by atoms with Crippen LogP contribution >= 0.6 is 0 Å². The zero-order chi connectivity index (χ0) is 10.2. The SMILES string of the molecule is CCCC[N+](CC)(CC)CCCC.[B-]. The number of nitrogens with zero attached hydrogens (tertiary/aromatic N) is 1. The number of quaternary nitrogens is 1. The Morgan fingerprint density at radius 2 is 1.07 bits per heavy atom. The van der Waals surface area contributed by atoms with Gasteiger partial charge in [-0.1, -0.05) is 26.7 Å². The number of unbranched alkanes of at least 4 members (excludes halogenated alkanes) is 2. The van der Waals surface area contributed by atoms with Crippen molar-refractivity contribution in [2.24, 2.45) is 0 Å². The topological polar surface area (TPSA) is 0 Å². The average Bonchev–Trinajstić information content (AvgIpc) is 2.20. The van der Waals surface area contributed by atoms with Gasteiger partial charge in [0.25, 0.3) is 0 Å². The number of hydrogen-bond donors (Lipinski definition) is 0. The van der Waals surface area contributed by atoms with E-state index in [9.17, 15) is 0 Å². The lowest BCUT2D eigenvalue weighted by atomic mass is 10.2. The molecule has 0 aromatic carbocycles. The minimum absolute atomic E-state index is 0. The molecule has 0 aliphatic carbocycles. The standard InChI is InChI=1S/C12H28N.B/c1-5-9-11-13(7-3,8-4)12-10-6-2;/h5-12H2,1-4H3;/q+1;-1. The Kier molecular flexibility index (Phi) is 11.3. The van der Waals surface area contributed by atoms with Gasteiger partial charge < -0.3 is 12.9 Å². The highest BCUT2D eigenvalue weighted by molar-refractivity contribution is 5.75. The third kappa shape index (κ3) is 5.69. The lowest BCUT2D eigenvalue weighted by molar-refractivity contribution is -0.925. The molecule has 14 heavy (non-hydrogen) atoms. The van der Waals surface area contributed by atoms with E-state index in [4.69, 9.17) is 0 Å². The number of hydrogen-bond acceptors (Lipinski definition) is 0. The maximum atomic E-state index is 2.34. The second kappa shape index (κ2) is 9.58. The van der Waals surface area contributed by atoms with Gasteiger partial charge in [-0.25, -0.2) is 0 Å². The van der Waals surface area contributed by atoms with E-state index in [1.807, 2.05) is 0 Å². The molecule has 0 fully saturated rings. The Bertz CT molecular complexity index is 101. The molecule has 0 aliphatic heterocycles. The zero-order valence-corrected chi connectivity index (χ0v) is 10.7. The molecular formula is C12H28BN. The third-order valence-electron chi connectivity index (χ3n) is 3.31. The normalized spacial score (nSPS) is 11.1.